The fourth-order valence-electron chi connectivity index (χ4n) is 3.26. The van der Waals surface area contributed by atoms with Gasteiger partial charge in [-0.15, -0.1) is 10.2 Å². The molecule has 0 radical (unpaired) electrons. The van der Waals surface area contributed by atoms with E-state index in [-0.39, 0.29) is 11.3 Å². The minimum absolute atomic E-state index is 0.0239. The summed E-state index contributed by atoms with van der Waals surface area (Å²) in [7, 11) is 0. The molecule has 4 aromatic rings. The molecule has 0 unspecified atom stereocenters. The van der Waals surface area contributed by atoms with E-state index in [1.54, 1.807) is 0 Å². The van der Waals surface area contributed by atoms with E-state index in [0.717, 1.165) is 22.5 Å². The van der Waals surface area contributed by atoms with E-state index < -0.39 is 17.8 Å². The summed E-state index contributed by atoms with van der Waals surface area (Å²) in [6, 6.07) is 14.8. The first kappa shape index (κ1) is 18.8. The van der Waals surface area contributed by atoms with Gasteiger partial charge in [0.05, 0.1) is 17.2 Å². The Morgan fingerprint density at radius 3 is 2.57 bits per heavy atom. The summed E-state index contributed by atoms with van der Waals surface area (Å²) < 4.78 is 41.5. The van der Waals surface area contributed by atoms with Crippen LogP contribution >= 0.6 is 11.8 Å². The van der Waals surface area contributed by atoms with Crippen LogP contribution in [0.2, 0.25) is 0 Å². The molecule has 144 valence electrons. The molecule has 2 aromatic heterocycles. The summed E-state index contributed by atoms with van der Waals surface area (Å²) in [5.41, 5.74) is 1.66. The molecule has 1 atom stereocenters. The third kappa shape index (κ3) is 3.33. The number of aryl methyl sites for hydroxylation is 1. The lowest BCUT2D eigenvalue weighted by Gasteiger charge is -2.17. The molecule has 0 amide bonds. The smallest absolute Gasteiger partial charge is 0.388 e. The number of hydrogen-bond donors (Lipinski definition) is 1. The van der Waals surface area contributed by atoms with Crippen LogP contribution in [0.5, 0.6) is 0 Å². The molecule has 2 aromatic carbocycles. The van der Waals surface area contributed by atoms with E-state index in [9.17, 15) is 18.3 Å². The quantitative estimate of drug-likeness (QED) is 0.485. The monoisotopic (exact) mass is 403 g/mol. The number of pyridine rings is 1. The lowest BCUT2D eigenvalue weighted by Crippen LogP contribution is -2.13. The van der Waals surface area contributed by atoms with Gasteiger partial charge in [0.2, 0.25) is 0 Å². The Morgan fingerprint density at radius 1 is 1.07 bits per heavy atom. The largest absolute Gasteiger partial charge is 0.416 e. The van der Waals surface area contributed by atoms with Crippen molar-refractivity contribution in [1.82, 2.24) is 14.6 Å². The predicted molar refractivity (Wildman–Crippen MR) is 102 cm³/mol. The number of rotatable bonds is 4. The number of aliphatic hydroxyl groups excluding tert-OH is 1. The number of thioether (sulfide) groups is 1. The second kappa shape index (κ2) is 7.10. The summed E-state index contributed by atoms with van der Waals surface area (Å²) in [4.78, 5) is 0. The van der Waals surface area contributed by atoms with Gasteiger partial charge in [0, 0.05) is 11.1 Å². The van der Waals surface area contributed by atoms with Crippen molar-refractivity contribution in [1.29, 1.82) is 0 Å². The number of alkyl halides is 3. The first-order chi connectivity index (χ1) is 13.4. The van der Waals surface area contributed by atoms with Gasteiger partial charge >= 0.3 is 6.18 Å². The highest BCUT2D eigenvalue weighted by Crippen LogP contribution is 2.36. The highest BCUT2D eigenvalue weighted by Gasteiger charge is 2.34. The van der Waals surface area contributed by atoms with Crippen LogP contribution < -0.4 is 0 Å². The first-order valence-electron chi connectivity index (χ1n) is 8.56. The van der Waals surface area contributed by atoms with E-state index >= 15 is 0 Å². The number of aliphatic hydroxyl groups is 1. The van der Waals surface area contributed by atoms with Gasteiger partial charge in [0.25, 0.3) is 0 Å². The molecule has 8 heteroatoms. The van der Waals surface area contributed by atoms with Crippen LogP contribution in [-0.2, 0) is 6.18 Å². The molecule has 0 spiro atoms. The van der Waals surface area contributed by atoms with Crippen LogP contribution in [0.1, 0.15) is 22.8 Å². The maximum atomic E-state index is 13.2. The van der Waals surface area contributed by atoms with Gasteiger partial charge in [-0.3, -0.25) is 4.40 Å². The van der Waals surface area contributed by atoms with E-state index in [1.165, 1.54) is 30.0 Å². The van der Waals surface area contributed by atoms with Gasteiger partial charge in [-0.1, -0.05) is 48.2 Å². The van der Waals surface area contributed by atoms with Gasteiger partial charge in [0.15, 0.2) is 10.8 Å². The second-order valence-corrected chi connectivity index (χ2v) is 7.42. The topological polar surface area (TPSA) is 50.4 Å². The predicted octanol–water partition coefficient (Wildman–Crippen LogP) is 5.04. The van der Waals surface area contributed by atoms with Crippen molar-refractivity contribution < 1.29 is 18.3 Å². The number of nitrogens with zero attached hydrogens (tertiary/aromatic N) is 3. The van der Waals surface area contributed by atoms with Crippen molar-refractivity contribution in [2.75, 3.05) is 5.75 Å². The number of halogens is 3. The maximum Gasteiger partial charge on any atom is 0.416 e. The van der Waals surface area contributed by atoms with Crippen LogP contribution in [0.3, 0.4) is 0 Å². The van der Waals surface area contributed by atoms with Crippen molar-refractivity contribution in [2.24, 2.45) is 0 Å². The fourth-order valence-corrected chi connectivity index (χ4v) is 4.16. The molecule has 0 aliphatic carbocycles. The Hall–Kier alpha value is -2.58. The van der Waals surface area contributed by atoms with Crippen molar-refractivity contribution in [2.45, 2.75) is 24.4 Å². The molecular formula is C20H16F3N3OS. The maximum absolute atomic E-state index is 13.2. The Labute approximate surface area is 163 Å². The van der Waals surface area contributed by atoms with Gasteiger partial charge < -0.3 is 5.11 Å². The Bertz CT molecular complexity index is 1160. The number of para-hydroxylation sites is 1. The van der Waals surface area contributed by atoms with Crippen molar-refractivity contribution in [3.63, 3.8) is 0 Å². The fraction of sp³-hybridized carbons (Fsp3) is 0.200. The van der Waals surface area contributed by atoms with Crippen molar-refractivity contribution in [3.8, 4) is 0 Å². The van der Waals surface area contributed by atoms with E-state index in [1.807, 2.05) is 41.7 Å². The van der Waals surface area contributed by atoms with Gasteiger partial charge in [-0.25, -0.2) is 0 Å². The molecule has 28 heavy (non-hydrogen) atoms. The molecule has 4 rings (SSSR count). The van der Waals surface area contributed by atoms with Crippen LogP contribution in [-0.4, -0.2) is 25.5 Å². The average molecular weight is 403 g/mol. The zero-order chi connectivity index (χ0) is 19.9. The van der Waals surface area contributed by atoms with Gasteiger partial charge in [-0.2, -0.15) is 13.2 Å². The number of hydrogen-bond acceptors (Lipinski definition) is 4. The summed E-state index contributed by atoms with van der Waals surface area (Å²) in [5.74, 6) is 0.0239. The Morgan fingerprint density at radius 2 is 1.79 bits per heavy atom. The molecule has 0 saturated heterocycles. The summed E-state index contributed by atoms with van der Waals surface area (Å²) in [6.45, 7) is 1.99. The van der Waals surface area contributed by atoms with E-state index in [0.29, 0.717) is 10.8 Å². The normalized spacial score (nSPS) is 13.3. The summed E-state index contributed by atoms with van der Waals surface area (Å²) >= 11 is 1.17. The zero-order valence-electron chi connectivity index (χ0n) is 14.8. The Kier molecular flexibility index (Phi) is 4.76. The van der Waals surface area contributed by atoms with Crippen molar-refractivity contribution >= 4 is 28.3 Å². The minimum atomic E-state index is -4.52. The molecule has 0 aliphatic heterocycles. The minimum Gasteiger partial charge on any atom is -0.388 e. The van der Waals surface area contributed by atoms with Crippen molar-refractivity contribution in [3.05, 3.63) is 71.3 Å². The molecule has 2 heterocycles. The average Bonchev–Trinajstić information content (AvgIpc) is 3.08. The molecular weight excluding hydrogens is 387 g/mol. The standard InChI is InChI=1S/C20H16F3N3OS/c1-12-10-18-24-25-19(26(18)16-9-5-3-6-13(12)16)28-11-17(27)14-7-2-4-8-15(14)20(21,22)23/h2-10,17,27H,11H2,1H3/t17-/m1/s1. The highest BCUT2D eigenvalue weighted by atomic mass is 32.2. The highest BCUT2D eigenvalue weighted by molar-refractivity contribution is 7.99. The third-order valence-corrected chi connectivity index (χ3v) is 5.57. The Balaban J connectivity index is 1.67. The molecule has 0 fully saturated rings. The number of fused-ring (bicyclic) bond motifs is 3. The molecule has 0 saturated carbocycles. The van der Waals surface area contributed by atoms with E-state index in [2.05, 4.69) is 10.2 Å². The number of benzene rings is 2. The molecule has 4 nitrogen and oxygen atoms in total. The lowest BCUT2D eigenvalue weighted by atomic mass is 10.0. The van der Waals surface area contributed by atoms with Gasteiger partial charge in [0.1, 0.15) is 0 Å². The van der Waals surface area contributed by atoms with Crippen LogP contribution in [0.15, 0.2) is 59.8 Å². The van der Waals surface area contributed by atoms with Crippen LogP contribution in [0, 0.1) is 6.92 Å². The van der Waals surface area contributed by atoms with Gasteiger partial charge in [-0.05, 0) is 36.2 Å². The van der Waals surface area contributed by atoms with E-state index in [4.69, 9.17) is 0 Å². The molecule has 1 N–H and O–H groups in total. The molecule has 0 bridgehead atoms. The molecule has 0 aliphatic rings. The third-order valence-electron chi connectivity index (χ3n) is 4.57. The summed E-state index contributed by atoms with van der Waals surface area (Å²) in [6.07, 6.45) is -5.80. The van der Waals surface area contributed by atoms with Crippen LogP contribution in [0.4, 0.5) is 13.2 Å². The van der Waals surface area contributed by atoms with Crippen LogP contribution in [0.25, 0.3) is 16.6 Å². The summed E-state index contributed by atoms with van der Waals surface area (Å²) in [5, 5.41) is 20.3. The second-order valence-electron chi connectivity index (χ2n) is 6.43. The zero-order valence-corrected chi connectivity index (χ0v) is 15.6. The lowest BCUT2D eigenvalue weighted by molar-refractivity contribution is -0.139. The number of aromatic nitrogens is 3. The first-order valence-corrected chi connectivity index (χ1v) is 9.55. The SMILES string of the molecule is Cc1cc2nnc(SC[C@@H](O)c3ccccc3C(F)(F)F)n2c2ccccc12.